The maximum absolute atomic E-state index is 13.4. The van der Waals surface area contributed by atoms with E-state index in [0.29, 0.717) is 53.1 Å². The number of aryl methyl sites for hydroxylation is 1. The van der Waals surface area contributed by atoms with Crippen LogP contribution in [0.15, 0.2) is 47.7 Å². The molecule has 0 unspecified atom stereocenters. The van der Waals surface area contributed by atoms with Crippen molar-refractivity contribution in [3.63, 3.8) is 0 Å². The number of carbonyl (C=O) groups is 2. The molecule has 4 aromatic rings. The number of aromatic nitrogens is 5. The van der Waals surface area contributed by atoms with Crippen molar-refractivity contribution >= 4 is 40.3 Å². The average Bonchev–Trinajstić information content (AvgIpc) is 3.52. The standard InChI is InChI=1S/C29H32N8O5/c1-17-22-16-32-29(34-26(22)37(20-6-4-5-7-20)28(40)25(17)18(2)38)33-23-10-9-21(15-30-23)42-13-12-36(3)24-11-8-19(14-31-24)27(39)35-41/h8-11,14-16,20,41H,4-7,12-13H2,1-3H3,(H,35,39)(H,30,32,33,34). The van der Waals surface area contributed by atoms with E-state index in [1.807, 2.05) is 11.9 Å². The molecule has 4 aromatic heterocycles. The topological polar surface area (TPSA) is 164 Å². The summed E-state index contributed by atoms with van der Waals surface area (Å²) >= 11 is 0. The lowest BCUT2D eigenvalue weighted by Gasteiger charge is -2.19. The third-order valence-electron chi connectivity index (χ3n) is 7.42. The minimum Gasteiger partial charge on any atom is -0.490 e. The Morgan fingerprint density at radius 1 is 1.10 bits per heavy atom. The molecule has 1 saturated carbocycles. The molecule has 42 heavy (non-hydrogen) atoms. The van der Waals surface area contributed by atoms with Gasteiger partial charge in [0.05, 0.1) is 23.9 Å². The third-order valence-corrected chi connectivity index (χ3v) is 7.42. The lowest BCUT2D eigenvalue weighted by Crippen LogP contribution is -2.30. The Kier molecular flexibility index (Phi) is 8.38. The number of nitrogens with zero attached hydrogens (tertiary/aromatic N) is 6. The number of amides is 1. The maximum Gasteiger partial charge on any atom is 0.276 e. The molecule has 1 aliphatic rings. The summed E-state index contributed by atoms with van der Waals surface area (Å²) in [5.41, 5.74) is 2.83. The molecule has 0 saturated heterocycles. The Morgan fingerprint density at radius 3 is 2.52 bits per heavy atom. The fourth-order valence-corrected chi connectivity index (χ4v) is 5.19. The Morgan fingerprint density at radius 2 is 1.88 bits per heavy atom. The minimum atomic E-state index is -0.625. The van der Waals surface area contributed by atoms with Crippen LogP contribution >= 0.6 is 0 Å². The van der Waals surface area contributed by atoms with Crippen molar-refractivity contribution < 1.29 is 19.5 Å². The maximum atomic E-state index is 13.4. The van der Waals surface area contributed by atoms with Crippen molar-refractivity contribution in [2.45, 2.75) is 45.6 Å². The first-order valence-corrected chi connectivity index (χ1v) is 13.7. The number of likely N-dealkylation sites (N-methyl/N-ethyl adjacent to an activating group) is 1. The summed E-state index contributed by atoms with van der Waals surface area (Å²) in [6.45, 7) is 4.07. The van der Waals surface area contributed by atoms with Crippen molar-refractivity contribution in [2.24, 2.45) is 0 Å². The molecule has 13 heteroatoms. The molecule has 5 rings (SSSR count). The zero-order chi connectivity index (χ0) is 29.8. The van der Waals surface area contributed by atoms with Crippen LogP contribution in [-0.4, -0.2) is 61.6 Å². The van der Waals surface area contributed by atoms with E-state index in [-0.39, 0.29) is 28.5 Å². The zero-order valence-electron chi connectivity index (χ0n) is 23.6. The highest BCUT2D eigenvalue weighted by Gasteiger charge is 2.26. The number of ketones is 1. The lowest BCUT2D eigenvalue weighted by molar-refractivity contribution is 0.0706. The number of nitrogens with one attached hydrogen (secondary N) is 2. The fraction of sp³-hybridized carbons (Fsp3) is 0.345. The third kappa shape index (κ3) is 5.91. The van der Waals surface area contributed by atoms with Gasteiger partial charge < -0.3 is 15.0 Å². The Labute approximate surface area is 241 Å². The van der Waals surface area contributed by atoms with E-state index in [0.717, 1.165) is 25.7 Å². The molecule has 218 valence electrons. The number of hydrogen-bond donors (Lipinski definition) is 3. The fourth-order valence-electron chi connectivity index (χ4n) is 5.19. The van der Waals surface area contributed by atoms with Gasteiger partial charge in [0.25, 0.3) is 11.5 Å². The highest BCUT2D eigenvalue weighted by molar-refractivity contribution is 5.99. The summed E-state index contributed by atoms with van der Waals surface area (Å²) in [6.07, 6.45) is 8.41. The molecule has 0 aromatic carbocycles. The van der Waals surface area contributed by atoms with E-state index >= 15 is 0 Å². The van der Waals surface area contributed by atoms with Gasteiger partial charge in [-0.3, -0.25) is 24.2 Å². The van der Waals surface area contributed by atoms with Crippen LogP contribution in [0.2, 0.25) is 0 Å². The van der Waals surface area contributed by atoms with Gasteiger partial charge in [-0.15, -0.1) is 0 Å². The van der Waals surface area contributed by atoms with Crippen LogP contribution in [0.1, 0.15) is 64.9 Å². The number of hydrogen-bond acceptors (Lipinski definition) is 11. The van der Waals surface area contributed by atoms with Crippen LogP contribution in [0.4, 0.5) is 17.6 Å². The molecule has 0 radical (unpaired) electrons. The molecule has 13 nitrogen and oxygen atoms in total. The van der Waals surface area contributed by atoms with Gasteiger partial charge in [-0.1, -0.05) is 12.8 Å². The summed E-state index contributed by atoms with van der Waals surface area (Å²) in [5.74, 6) is 1.13. The monoisotopic (exact) mass is 572 g/mol. The predicted molar refractivity (Wildman–Crippen MR) is 156 cm³/mol. The molecule has 0 spiro atoms. The molecule has 3 N–H and O–H groups in total. The lowest BCUT2D eigenvalue weighted by atomic mass is 10.0. The normalized spacial score (nSPS) is 13.2. The summed E-state index contributed by atoms with van der Waals surface area (Å²) < 4.78 is 7.49. The zero-order valence-corrected chi connectivity index (χ0v) is 23.6. The van der Waals surface area contributed by atoms with Gasteiger partial charge >= 0.3 is 0 Å². The van der Waals surface area contributed by atoms with Crippen molar-refractivity contribution in [1.82, 2.24) is 30.0 Å². The van der Waals surface area contributed by atoms with E-state index in [4.69, 9.17) is 9.94 Å². The highest BCUT2D eigenvalue weighted by atomic mass is 16.5. The van der Waals surface area contributed by atoms with E-state index in [9.17, 15) is 14.4 Å². The van der Waals surface area contributed by atoms with Crippen molar-refractivity contribution in [2.75, 3.05) is 30.4 Å². The van der Waals surface area contributed by atoms with Gasteiger partial charge in [0.1, 0.15) is 29.6 Å². The van der Waals surface area contributed by atoms with E-state index in [1.165, 1.54) is 13.1 Å². The van der Waals surface area contributed by atoms with E-state index in [1.54, 1.807) is 53.6 Å². The second-order valence-electron chi connectivity index (χ2n) is 10.2. The second-order valence-corrected chi connectivity index (χ2v) is 10.2. The molecule has 1 amide bonds. The van der Waals surface area contributed by atoms with Crippen LogP contribution in [0.5, 0.6) is 5.75 Å². The Bertz CT molecular complexity index is 1670. The quantitative estimate of drug-likeness (QED) is 0.144. The first-order chi connectivity index (χ1) is 20.3. The van der Waals surface area contributed by atoms with Gasteiger partial charge in [-0.05, 0) is 56.5 Å². The van der Waals surface area contributed by atoms with Crippen LogP contribution in [0.25, 0.3) is 11.0 Å². The minimum absolute atomic E-state index is 0.00189. The highest BCUT2D eigenvalue weighted by Crippen LogP contribution is 2.32. The van der Waals surface area contributed by atoms with Crippen LogP contribution in [0.3, 0.4) is 0 Å². The van der Waals surface area contributed by atoms with Gasteiger partial charge in [0.15, 0.2) is 5.78 Å². The molecule has 0 aliphatic heterocycles. The Hall–Kier alpha value is -4.91. The number of rotatable bonds is 10. The largest absolute Gasteiger partial charge is 0.490 e. The number of hydroxylamine groups is 1. The summed E-state index contributed by atoms with van der Waals surface area (Å²) in [6, 6.07) is 6.76. The summed E-state index contributed by atoms with van der Waals surface area (Å²) in [5, 5.41) is 12.5. The smallest absolute Gasteiger partial charge is 0.276 e. The van der Waals surface area contributed by atoms with Crippen LogP contribution in [0, 0.1) is 6.92 Å². The summed E-state index contributed by atoms with van der Waals surface area (Å²) in [7, 11) is 1.85. The first kappa shape index (κ1) is 28.6. The van der Waals surface area contributed by atoms with Gasteiger partial charge in [-0.25, -0.2) is 20.4 Å². The molecular formula is C29H32N8O5. The van der Waals surface area contributed by atoms with Crippen molar-refractivity contribution in [3.8, 4) is 5.75 Å². The average molecular weight is 573 g/mol. The van der Waals surface area contributed by atoms with Gasteiger partial charge in [-0.2, -0.15) is 4.98 Å². The van der Waals surface area contributed by atoms with Crippen LogP contribution < -0.4 is 26.0 Å². The SMILES string of the molecule is CC(=O)c1c(C)c2cnc(Nc3ccc(OCCN(C)c4ccc(C(=O)NO)cn4)cn3)nc2n(C2CCCC2)c1=O. The number of carbonyl (C=O) groups excluding carboxylic acids is 2. The number of fused-ring (bicyclic) bond motifs is 1. The van der Waals surface area contributed by atoms with Gasteiger partial charge in [0, 0.05) is 30.9 Å². The van der Waals surface area contributed by atoms with Crippen LogP contribution in [-0.2, 0) is 0 Å². The molecular weight excluding hydrogens is 540 g/mol. The number of pyridine rings is 3. The Balaban J connectivity index is 1.26. The summed E-state index contributed by atoms with van der Waals surface area (Å²) in [4.78, 5) is 56.8. The molecule has 0 bridgehead atoms. The number of anilines is 3. The molecule has 1 aliphatic carbocycles. The van der Waals surface area contributed by atoms with Gasteiger partial charge in [0.2, 0.25) is 5.95 Å². The van der Waals surface area contributed by atoms with E-state index < -0.39 is 5.91 Å². The van der Waals surface area contributed by atoms with Crippen molar-refractivity contribution in [3.05, 3.63) is 69.9 Å². The molecule has 0 atom stereocenters. The van der Waals surface area contributed by atoms with Crippen molar-refractivity contribution in [1.29, 1.82) is 0 Å². The number of ether oxygens (including phenoxy) is 1. The first-order valence-electron chi connectivity index (χ1n) is 13.7. The number of Topliss-reactive ketones (excluding diaryl/α,β-unsaturated/α-hetero) is 1. The molecule has 1 fully saturated rings. The van der Waals surface area contributed by atoms with E-state index in [2.05, 4.69) is 25.3 Å². The predicted octanol–water partition coefficient (Wildman–Crippen LogP) is 3.59. The second kappa shape index (κ2) is 12.3. The molecule has 4 heterocycles.